The van der Waals surface area contributed by atoms with Crippen molar-refractivity contribution in [3.05, 3.63) is 36.0 Å². The highest BCUT2D eigenvalue weighted by molar-refractivity contribution is 6.00. The number of carbonyl (C=O) groups is 13. The number of nitrogens with zero attached hydrogens (tertiary/aromatic N) is 2. The van der Waals surface area contributed by atoms with Gasteiger partial charge in [0.25, 0.3) is 0 Å². The molecule has 36 heteroatoms. The number of hydrogen-bond donors (Lipinski definition) is 21. The second kappa shape index (κ2) is 42.3. The third-order valence-corrected chi connectivity index (χ3v) is 14.7. The van der Waals surface area contributed by atoms with Crippen LogP contribution in [0.4, 0.5) is 0 Å². The van der Waals surface area contributed by atoms with Gasteiger partial charge in [-0.25, -0.2) is 4.79 Å². The van der Waals surface area contributed by atoms with Crippen molar-refractivity contribution < 1.29 is 82.8 Å². The summed E-state index contributed by atoms with van der Waals surface area (Å²) in [7, 11) is 0. The number of aliphatic hydroxyl groups is 3. The van der Waals surface area contributed by atoms with Gasteiger partial charge in [0.15, 0.2) is 5.96 Å². The summed E-state index contributed by atoms with van der Waals surface area (Å²) < 4.78 is 1.23. The van der Waals surface area contributed by atoms with E-state index in [0.29, 0.717) is 42.1 Å². The molecule has 0 saturated carbocycles. The van der Waals surface area contributed by atoms with Crippen LogP contribution >= 0.6 is 0 Å². The first-order valence-electron chi connectivity index (χ1n) is 30.9. The first-order valence-corrected chi connectivity index (χ1v) is 30.9. The first-order chi connectivity index (χ1) is 44.5. The SMILES string of the molecule is CC(C)[C@H](NC(=O)[C@@H](N)CO)C(=O)N[C@@H](CCCN=C(N)N)C(=O)N[C@@H](CO)C(=O)N[C@@H](CCCCN)C(=O)N[C@@H](CCCCN)C(=O)N[C@H](C(=O)N[C@@H](C)C(=O)N[C@@H](CCCCN)C(=O)N[C@@H](Cc1cn(C=O)c2ccccc12)C(=O)N[C@@H](CC(N)=O)C(=O)O)[C@@H](C)O. The molecule has 0 aliphatic heterocycles. The number of aromatic nitrogens is 1. The van der Waals surface area contributed by atoms with Gasteiger partial charge in [-0.2, -0.15) is 0 Å². The van der Waals surface area contributed by atoms with E-state index in [0.717, 1.165) is 6.92 Å². The van der Waals surface area contributed by atoms with E-state index in [9.17, 15) is 82.8 Å². The van der Waals surface area contributed by atoms with Crippen LogP contribution in [0.5, 0.6) is 0 Å². The lowest BCUT2D eigenvalue weighted by Crippen LogP contribution is -2.62. The first kappa shape index (κ1) is 81.2. The Morgan fingerprint density at radius 2 is 0.947 bits per heavy atom. The minimum absolute atomic E-state index is 0.000752. The predicted molar refractivity (Wildman–Crippen MR) is 342 cm³/mol. The predicted octanol–water partition coefficient (Wildman–Crippen LogP) is -8.16. The molecule has 1 aromatic heterocycles. The van der Waals surface area contributed by atoms with Crippen LogP contribution in [0.15, 0.2) is 35.5 Å². The molecular weight excluding hydrogens is 1230 g/mol. The van der Waals surface area contributed by atoms with Crippen LogP contribution < -0.4 is 93.3 Å². The van der Waals surface area contributed by atoms with Gasteiger partial charge in [-0.05, 0) is 122 Å². The lowest BCUT2D eigenvalue weighted by Gasteiger charge is -2.28. The number of amides is 11. The van der Waals surface area contributed by atoms with Crippen molar-refractivity contribution >= 4 is 94.2 Å². The number of benzene rings is 1. The standard InChI is InChI=1S/C58H97N19O17/c1-30(2)45(75-48(84)35(62)27-78)55(91)71-39(18-13-23-66-58(64)65)51(87)74-42(28-79)54(90)70-37(16-8-11-21-60)49(85)69-38(17-9-12-22-61)52(88)76-46(32(4)81)56(92)67-31(3)47(83)68-36(15-7-10-20-59)50(86)72-40(53(89)73-41(57(93)94)25-44(63)82)24-33-26-77(29-80)43-19-6-5-14-34(33)43/h5-6,14,19,26,29-32,35-42,45-46,78-79,81H,7-13,15-18,20-25,27-28,59-62H2,1-4H3,(H2,63,82)(H,67,92)(H,68,83)(H,69,85)(H,70,90)(H,71,91)(H,72,86)(H,73,89)(H,74,87)(H,75,84)(H,76,88)(H,93,94)(H4,64,65,66)/t31-,32+,35-,36-,37-,38-,39-,40-,41-,42-,45-,46-/m0/s1. The molecule has 0 saturated heterocycles. The topological polar surface area (TPSA) is 623 Å². The molecule has 0 fully saturated rings. The number of aliphatic carboxylic acids is 1. The molecule has 2 rings (SSSR count). The summed E-state index contributed by atoms with van der Waals surface area (Å²) in [5, 5.41) is 65.4. The Hall–Kier alpha value is -8.94. The molecule has 1 aromatic carbocycles. The van der Waals surface area contributed by atoms with E-state index >= 15 is 0 Å². The third-order valence-electron chi connectivity index (χ3n) is 14.7. The highest BCUT2D eigenvalue weighted by Crippen LogP contribution is 2.22. The van der Waals surface area contributed by atoms with Gasteiger partial charge < -0.3 is 114 Å². The minimum atomic E-state index is -1.82. The smallest absolute Gasteiger partial charge is 0.326 e. The quantitative estimate of drug-likeness (QED) is 0.0127. The van der Waals surface area contributed by atoms with Crippen molar-refractivity contribution in [1.82, 2.24) is 57.7 Å². The molecule has 0 unspecified atom stereocenters. The van der Waals surface area contributed by atoms with Crippen molar-refractivity contribution in [3.8, 4) is 0 Å². The zero-order valence-electron chi connectivity index (χ0n) is 53.4. The van der Waals surface area contributed by atoms with Gasteiger partial charge in [0.2, 0.25) is 71.4 Å². The monoisotopic (exact) mass is 1330 g/mol. The molecule has 0 radical (unpaired) electrons. The Bertz CT molecular complexity index is 2910. The molecule has 12 atom stereocenters. The minimum Gasteiger partial charge on any atom is -0.480 e. The fraction of sp³-hybridized carbons (Fsp3) is 0.621. The number of carboxylic acid groups (broad SMARTS) is 1. The van der Waals surface area contributed by atoms with Gasteiger partial charge in [-0.1, -0.05) is 32.0 Å². The maximum absolute atomic E-state index is 14.2. The second-order valence-electron chi connectivity index (χ2n) is 22.8. The van der Waals surface area contributed by atoms with E-state index in [2.05, 4.69) is 58.2 Å². The van der Waals surface area contributed by atoms with E-state index in [1.807, 2.05) is 0 Å². The van der Waals surface area contributed by atoms with E-state index in [-0.39, 0.29) is 89.9 Å². The van der Waals surface area contributed by atoms with Crippen molar-refractivity contribution in [2.24, 2.45) is 51.0 Å². The Kier molecular flexibility index (Phi) is 36.5. The number of fused-ring (bicyclic) bond motifs is 1. The van der Waals surface area contributed by atoms with Crippen LogP contribution in [0.25, 0.3) is 10.9 Å². The Morgan fingerprint density at radius 1 is 0.521 bits per heavy atom. The highest BCUT2D eigenvalue weighted by Gasteiger charge is 2.37. The number of unbranched alkanes of at least 4 members (excludes halogenated alkanes) is 3. The number of hydrogen-bond acceptors (Lipinski definition) is 21. The van der Waals surface area contributed by atoms with Crippen LogP contribution in [0.3, 0.4) is 0 Å². The number of para-hydroxylation sites is 1. The Labute approximate surface area is 543 Å². The van der Waals surface area contributed by atoms with E-state index in [1.54, 1.807) is 38.1 Å². The lowest BCUT2D eigenvalue weighted by atomic mass is 10.0. The van der Waals surface area contributed by atoms with Crippen LogP contribution in [0, 0.1) is 5.92 Å². The number of carboxylic acids is 1. The molecule has 28 N–H and O–H groups in total. The summed E-state index contributed by atoms with van der Waals surface area (Å²) in [4.78, 5) is 178. The number of aliphatic imine (C=N–C) groups is 1. The van der Waals surface area contributed by atoms with Crippen LogP contribution in [-0.2, 0) is 68.7 Å². The van der Waals surface area contributed by atoms with Gasteiger partial charge in [-0.15, -0.1) is 0 Å². The number of nitrogens with one attached hydrogen (secondary N) is 10. The van der Waals surface area contributed by atoms with Crippen LogP contribution in [-0.4, -0.2) is 220 Å². The molecule has 0 aliphatic rings. The number of carbonyl (C=O) groups excluding carboxylic acids is 12. The number of guanidine groups is 1. The van der Waals surface area contributed by atoms with Gasteiger partial charge in [-0.3, -0.25) is 67.1 Å². The summed E-state index contributed by atoms with van der Waals surface area (Å²) >= 11 is 0. The zero-order chi connectivity index (χ0) is 70.8. The molecule has 0 aliphatic carbocycles. The number of primary amides is 1. The molecule has 2 aromatic rings. The van der Waals surface area contributed by atoms with Gasteiger partial charge in [0, 0.05) is 24.5 Å². The van der Waals surface area contributed by atoms with Gasteiger partial charge >= 0.3 is 5.97 Å². The molecule has 36 nitrogen and oxygen atoms in total. The maximum Gasteiger partial charge on any atom is 0.326 e. The average Bonchev–Trinajstić information content (AvgIpc) is 1.66. The summed E-state index contributed by atoms with van der Waals surface area (Å²) in [5.41, 5.74) is 39.8. The second-order valence-corrected chi connectivity index (χ2v) is 22.8. The van der Waals surface area contributed by atoms with Gasteiger partial charge in [0.05, 0.1) is 31.3 Å². The van der Waals surface area contributed by atoms with E-state index < -0.39 is 169 Å². The summed E-state index contributed by atoms with van der Waals surface area (Å²) in [6.45, 7) is 4.27. The summed E-state index contributed by atoms with van der Waals surface area (Å²) in [5.74, 6) is -13.4. The van der Waals surface area contributed by atoms with E-state index in [1.165, 1.54) is 17.7 Å². The fourth-order valence-corrected chi connectivity index (χ4v) is 9.43. The zero-order valence-corrected chi connectivity index (χ0v) is 53.4. The molecule has 0 bridgehead atoms. The maximum atomic E-state index is 14.2. The molecule has 94 heavy (non-hydrogen) atoms. The molecular formula is C58H97N19O17. The Balaban J connectivity index is 2.42. The molecule has 526 valence electrons. The average molecular weight is 1330 g/mol. The molecule has 1 heterocycles. The summed E-state index contributed by atoms with van der Waals surface area (Å²) in [6, 6.07) is -10.4. The fourth-order valence-electron chi connectivity index (χ4n) is 9.43. The van der Waals surface area contributed by atoms with Crippen molar-refractivity contribution in [3.63, 3.8) is 0 Å². The van der Waals surface area contributed by atoms with Gasteiger partial charge in [0.1, 0.15) is 66.5 Å². The van der Waals surface area contributed by atoms with E-state index in [4.69, 9.17) is 40.1 Å². The number of rotatable bonds is 46. The lowest BCUT2D eigenvalue weighted by molar-refractivity contribution is -0.143. The molecule has 0 spiro atoms. The number of aliphatic hydroxyl groups excluding tert-OH is 3. The van der Waals surface area contributed by atoms with Crippen molar-refractivity contribution in [2.45, 2.75) is 184 Å². The normalized spacial score (nSPS) is 15.0. The molecule has 11 amide bonds. The third kappa shape index (κ3) is 27.7. The number of nitrogens with two attached hydrogens (primary N) is 7. The van der Waals surface area contributed by atoms with Crippen molar-refractivity contribution in [1.29, 1.82) is 0 Å². The van der Waals surface area contributed by atoms with Crippen LogP contribution in [0.1, 0.15) is 110 Å². The Morgan fingerprint density at radius 3 is 1.40 bits per heavy atom. The largest absolute Gasteiger partial charge is 0.480 e. The van der Waals surface area contributed by atoms with Crippen molar-refractivity contribution in [2.75, 3.05) is 39.4 Å². The highest BCUT2D eigenvalue weighted by atomic mass is 16.4. The van der Waals surface area contributed by atoms with Crippen LogP contribution in [0.2, 0.25) is 0 Å². The summed E-state index contributed by atoms with van der Waals surface area (Å²) in [6.07, 6.45) is 0.481.